The van der Waals surface area contributed by atoms with Crippen molar-refractivity contribution in [2.45, 2.75) is 13.0 Å². The maximum atomic E-state index is 11.6. The van der Waals surface area contributed by atoms with E-state index in [1.54, 1.807) is 7.11 Å². The van der Waals surface area contributed by atoms with Gasteiger partial charge in [0.15, 0.2) is 0 Å². The minimum atomic E-state index is 0. The van der Waals surface area contributed by atoms with Gasteiger partial charge in [0, 0.05) is 39.3 Å². The van der Waals surface area contributed by atoms with Gasteiger partial charge < -0.3 is 15.4 Å². The average molecular weight is 288 g/mol. The first-order valence-electron chi connectivity index (χ1n) is 5.43. The van der Waals surface area contributed by atoms with Gasteiger partial charge in [-0.2, -0.15) is 0 Å². The number of halogens is 2. The summed E-state index contributed by atoms with van der Waals surface area (Å²) < 4.78 is 4.96. The predicted octanol–water partition coefficient (Wildman–Crippen LogP) is -0.114. The number of rotatable bonds is 5. The SMILES string of the molecule is COCC(C)NC(=O)CN1CCNCC1.Cl.Cl. The number of nitrogens with one attached hydrogen (secondary N) is 2. The Morgan fingerprint density at radius 3 is 2.53 bits per heavy atom. The summed E-state index contributed by atoms with van der Waals surface area (Å²) in [6.45, 7) is 6.85. The Morgan fingerprint density at radius 2 is 2.00 bits per heavy atom. The number of nitrogens with zero attached hydrogens (tertiary/aromatic N) is 1. The summed E-state index contributed by atoms with van der Waals surface area (Å²) in [4.78, 5) is 13.7. The van der Waals surface area contributed by atoms with Crippen LogP contribution < -0.4 is 10.6 Å². The molecule has 0 aromatic rings. The van der Waals surface area contributed by atoms with E-state index in [0.29, 0.717) is 13.2 Å². The third-order valence-electron chi connectivity index (χ3n) is 2.40. The monoisotopic (exact) mass is 287 g/mol. The van der Waals surface area contributed by atoms with Crippen molar-refractivity contribution < 1.29 is 9.53 Å². The minimum absolute atomic E-state index is 0. The maximum Gasteiger partial charge on any atom is 0.234 e. The number of carbonyl (C=O) groups excluding carboxylic acids is 1. The first-order valence-corrected chi connectivity index (χ1v) is 5.43. The summed E-state index contributed by atoms with van der Waals surface area (Å²) in [6.07, 6.45) is 0. The number of hydrogen-bond donors (Lipinski definition) is 2. The molecule has 1 amide bonds. The van der Waals surface area contributed by atoms with E-state index in [-0.39, 0.29) is 36.8 Å². The molecule has 5 nitrogen and oxygen atoms in total. The standard InChI is InChI=1S/C10H21N3O2.2ClH/c1-9(8-15-2)12-10(14)7-13-5-3-11-4-6-13;;/h9,11H,3-8H2,1-2H3,(H,12,14);2*1H. The number of ether oxygens (including phenoxy) is 1. The van der Waals surface area contributed by atoms with Crippen molar-refractivity contribution in [2.24, 2.45) is 0 Å². The molecule has 0 spiro atoms. The molecule has 1 atom stereocenters. The Balaban J connectivity index is 0. The molecule has 7 heteroatoms. The second-order valence-electron chi connectivity index (χ2n) is 3.95. The number of amides is 1. The third kappa shape index (κ3) is 8.63. The lowest BCUT2D eigenvalue weighted by Crippen LogP contribution is -2.49. The van der Waals surface area contributed by atoms with Crippen LogP contribution in [-0.2, 0) is 9.53 Å². The van der Waals surface area contributed by atoms with Gasteiger partial charge in [-0.3, -0.25) is 9.69 Å². The van der Waals surface area contributed by atoms with E-state index >= 15 is 0 Å². The normalized spacial score (nSPS) is 17.5. The molecule has 0 bridgehead atoms. The Morgan fingerprint density at radius 1 is 1.41 bits per heavy atom. The summed E-state index contributed by atoms with van der Waals surface area (Å²) in [5.74, 6) is 0.0847. The smallest absolute Gasteiger partial charge is 0.234 e. The Kier molecular flexibility index (Phi) is 12.5. The molecule has 17 heavy (non-hydrogen) atoms. The average Bonchev–Trinajstić information content (AvgIpc) is 2.19. The zero-order valence-electron chi connectivity index (χ0n) is 10.4. The molecule has 0 saturated carbocycles. The van der Waals surface area contributed by atoms with Crippen LogP contribution in [0.1, 0.15) is 6.92 Å². The molecule has 104 valence electrons. The largest absolute Gasteiger partial charge is 0.383 e. The molecule has 1 fully saturated rings. The Labute approximate surface area is 115 Å². The molecule has 1 aliphatic heterocycles. The summed E-state index contributed by atoms with van der Waals surface area (Å²) in [6, 6.07) is 0.0883. The fourth-order valence-corrected chi connectivity index (χ4v) is 1.68. The molecule has 1 unspecified atom stereocenters. The zero-order valence-corrected chi connectivity index (χ0v) is 12.0. The molecule has 1 rings (SSSR count). The van der Waals surface area contributed by atoms with Gasteiger partial charge in [-0.05, 0) is 6.92 Å². The van der Waals surface area contributed by atoms with E-state index in [1.807, 2.05) is 6.92 Å². The zero-order chi connectivity index (χ0) is 11.1. The third-order valence-corrected chi connectivity index (χ3v) is 2.40. The second-order valence-corrected chi connectivity index (χ2v) is 3.95. The van der Waals surface area contributed by atoms with Crippen LogP contribution in [0.15, 0.2) is 0 Å². The molecule has 2 N–H and O–H groups in total. The van der Waals surface area contributed by atoms with Gasteiger partial charge in [0.2, 0.25) is 5.91 Å². The fraction of sp³-hybridized carbons (Fsp3) is 0.900. The lowest BCUT2D eigenvalue weighted by Gasteiger charge is -2.27. The van der Waals surface area contributed by atoms with Crippen LogP contribution in [0, 0.1) is 0 Å². The highest BCUT2D eigenvalue weighted by Crippen LogP contribution is 1.92. The topological polar surface area (TPSA) is 53.6 Å². The summed E-state index contributed by atoms with van der Waals surface area (Å²) in [5.41, 5.74) is 0. The summed E-state index contributed by atoms with van der Waals surface area (Å²) >= 11 is 0. The van der Waals surface area contributed by atoms with Crippen molar-refractivity contribution in [3.8, 4) is 0 Å². The van der Waals surface area contributed by atoms with Crippen LogP contribution in [0.5, 0.6) is 0 Å². The van der Waals surface area contributed by atoms with Gasteiger partial charge in [-0.15, -0.1) is 24.8 Å². The van der Waals surface area contributed by atoms with Crippen molar-refractivity contribution >= 4 is 30.7 Å². The number of piperazine rings is 1. The van der Waals surface area contributed by atoms with Crippen molar-refractivity contribution in [1.29, 1.82) is 0 Å². The van der Waals surface area contributed by atoms with Crippen molar-refractivity contribution in [3.63, 3.8) is 0 Å². The van der Waals surface area contributed by atoms with Gasteiger partial charge in [0.05, 0.1) is 13.2 Å². The predicted molar refractivity (Wildman–Crippen MR) is 73.3 cm³/mol. The first kappa shape index (κ1) is 19.3. The molecule has 0 aromatic carbocycles. The van der Waals surface area contributed by atoms with Gasteiger partial charge in [0.25, 0.3) is 0 Å². The highest BCUT2D eigenvalue weighted by atomic mass is 35.5. The number of methoxy groups -OCH3 is 1. The van der Waals surface area contributed by atoms with Crippen LogP contribution in [-0.4, -0.2) is 63.3 Å². The lowest BCUT2D eigenvalue weighted by molar-refractivity contribution is -0.123. The van der Waals surface area contributed by atoms with Crippen LogP contribution in [0.25, 0.3) is 0 Å². The molecule has 1 aliphatic rings. The number of hydrogen-bond acceptors (Lipinski definition) is 4. The first-order chi connectivity index (χ1) is 7.22. The molecule has 0 radical (unpaired) electrons. The van der Waals surface area contributed by atoms with Crippen LogP contribution >= 0.6 is 24.8 Å². The van der Waals surface area contributed by atoms with E-state index in [9.17, 15) is 4.79 Å². The quantitative estimate of drug-likeness (QED) is 0.741. The Hall–Kier alpha value is -0.0700. The van der Waals surface area contributed by atoms with E-state index in [0.717, 1.165) is 26.2 Å². The molecule has 0 aromatic heterocycles. The van der Waals surface area contributed by atoms with E-state index < -0.39 is 0 Å². The molecule has 1 saturated heterocycles. The van der Waals surface area contributed by atoms with E-state index in [1.165, 1.54) is 0 Å². The second kappa shape index (κ2) is 11.0. The van der Waals surface area contributed by atoms with Crippen LogP contribution in [0.3, 0.4) is 0 Å². The van der Waals surface area contributed by atoms with Gasteiger partial charge in [-0.25, -0.2) is 0 Å². The van der Waals surface area contributed by atoms with E-state index in [2.05, 4.69) is 15.5 Å². The van der Waals surface area contributed by atoms with Crippen LogP contribution in [0.4, 0.5) is 0 Å². The van der Waals surface area contributed by atoms with Gasteiger partial charge >= 0.3 is 0 Å². The van der Waals surface area contributed by atoms with Gasteiger partial charge in [0.1, 0.15) is 0 Å². The number of carbonyl (C=O) groups is 1. The maximum absolute atomic E-state index is 11.6. The lowest BCUT2D eigenvalue weighted by atomic mass is 10.3. The minimum Gasteiger partial charge on any atom is -0.383 e. The molecule has 1 heterocycles. The fourth-order valence-electron chi connectivity index (χ4n) is 1.68. The van der Waals surface area contributed by atoms with Gasteiger partial charge in [-0.1, -0.05) is 0 Å². The van der Waals surface area contributed by atoms with Crippen molar-refractivity contribution in [2.75, 3.05) is 46.4 Å². The molecular formula is C10H23Cl2N3O2. The highest BCUT2D eigenvalue weighted by molar-refractivity contribution is 5.85. The van der Waals surface area contributed by atoms with Crippen LogP contribution in [0.2, 0.25) is 0 Å². The molecular weight excluding hydrogens is 265 g/mol. The van der Waals surface area contributed by atoms with E-state index in [4.69, 9.17) is 4.74 Å². The highest BCUT2D eigenvalue weighted by Gasteiger charge is 2.14. The van der Waals surface area contributed by atoms with Crippen molar-refractivity contribution in [1.82, 2.24) is 15.5 Å². The molecule has 0 aliphatic carbocycles. The van der Waals surface area contributed by atoms with Crippen molar-refractivity contribution in [3.05, 3.63) is 0 Å². The summed E-state index contributed by atoms with van der Waals surface area (Å²) in [7, 11) is 1.64. The Bertz CT molecular complexity index is 202. The summed E-state index contributed by atoms with van der Waals surface area (Å²) in [5, 5.41) is 6.16.